The van der Waals surface area contributed by atoms with Crippen LogP contribution in [0.4, 0.5) is 4.39 Å². The Balaban J connectivity index is 2.20. The van der Waals surface area contributed by atoms with Crippen LogP contribution in [0.2, 0.25) is 0 Å². The highest BCUT2D eigenvalue weighted by molar-refractivity contribution is 7.89. The summed E-state index contributed by atoms with van der Waals surface area (Å²) in [6.45, 7) is 1.50. The molecule has 1 atom stereocenters. The predicted octanol–water partition coefficient (Wildman–Crippen LogP) is 2.36. The Labute approximate surface area is 123 Å². The van der Waals surface area contributed by atoms with E-state index in [0.717, 1.165) is 0 Å². The molecule has 0 heterocycles. The Kier molecular flexibility index (Phi) is 4.72. The van der Waals surface area contributed by atoms with Gasteiger partial charge in [-0.05, 0) is 42.3 Å². The number of hydrogen-bond donors (Lipinski definition) is 2. The lowest BCUT2D eigenvalue weighted by atomic mass is 10.1. The molecule has 0 amide bonds. The van der Waals surface area contributed by atoms with Crippen LogP contribution >= 0.6 is 0 Å². The highest BCUT2D eigenvalue weighted by Gasteiger charge is 2.18. The van der Waals surface area contributed by atoms with Crippen LogP contribution < -0.4 is 4.72 Å². The van der Waals surface area contributed by atoms with Crippen molar-refractivity contribution in [3.05, 3.63) is 65.5 Å². The number of rotatable bonds is 5. The van der Waals surface area contributed by atoms with Gasteiger partial charge in [0.05, 0.1) is 11.5 Å². The van der Waals surface area contributed by atoms with Crippen molar-refractivity contribution in [1.29, 1.82) is 0 Å². The van der Waals surface area contributed by atoms with Gasteiger partial charge in [0.25, 0.3) is 0 Å². The van der Waals surface area contributed by atoms with Crippen LogP contribution in [0.15, 0.2) is 53.4 Å². The molecule has 2 rings (SSSR count). The van der Waals surface area contributed by atoms with Crippen LogP contribution in [0.1, 0.15) is 24.1 Å². The summed E-state index contributed by atoms with van der Waals surface area (Å²) in [6, 6.07) is 11.2. The highest BCUT2D eigenvalue weighted by atomic mass is 32.2. The number of aliphatic hydroxyl groups is 1. The number of sulfonamides is 1. The lowest BCUT2D eigenvalue weighted by Gasteiger charge is -2.15. The fourth-order valence-electron chi connectivity index (χ4n) is 1.92. The number of aliphatic hydroxyl groups excluding tert-OH is 1. The van der Waals surface area contributed by atoms with Crippen LogP contribution in [-0.2, 0) is 16.6 Å². The molecule has 0 aliphatic rings. The Morgan fingerprint density at radius 1 is 1.19 bits per heavy atom. The molecule has 0 fully saturated rings. The predicted molar refractivity (Wildman–Crippen MR) is 77.5 cm³/mol. The third kappa shape index (κ3) is 3.87. The van der Waals surface area contributed by atoms with Gasteiger partial charge in [0.15, 0.2) is 0 Å². The second-order valence-corrected chi connectivity index (χ2v) is 6.41. The lowest BCUT2D eigenvalue weighted by molar-refractivity contribution is 0.282. The average molecular weight is 309 g/mol. The zero-order chi connectivity index (χ0) is 15.5. The summed E-state index contributed by atoms with van der Waals surface area (Å²) >= 11 is 0. The molecule has 112 valence electrons. The van der Waals surface area contributed by atoms with Crippen molar-refractivity contribution in [2.75, 3.05) is 0 Å². The van der Waals surface area contributed by atoms with E-state index in [1.165, 1.54) is 30.3 Å². The van der Waals surface area contributed by atoms with Gasteiger partial charge in [0.2, 0.25) is 10.0 Å². The first kappa shape index (κ1) is 15.6. The van der Waals surface area contributed by atoms with Gasteiger partial charge in [0, 0.05) is 6.04 Å². The van der Waals surface area contributed by atoms with Gasteiger partial charge in [-0.25, -0.2) is 17.5 Å². The van der Waals surface area contributed by atoms with Crippen molar-refractivity contribution >= 4 is 10.0 Å². The zero-order valence-corrected chi connectivity index (χ0v) is 12.3. The quantitative estimate of drug-likeness (QED) is 0.891. The molecular weight excluding hydrogens is 293 g/mol. The maximum Gasteiger partial charge on any atom is 0.241 e. The molecule has 0 radical (unpaired) electrons. The summed E-state index contributed by atoms with van der Waals surface area (Å²) < 4.78 is 40.1. The second kappa shape index (κ2) is 6.34. The fourth-order valence-corrected chi connectivity index (χ4v) is 3.15. The average Bonchev–Trinajstić information content (AvgIpc) is 2.47. The minimum Gasteiger partial charge on any atom is -0.392 e. The normalized spacial score (nSPS) is 13.1. The maximum absolute atomic E-state index is 13.2. The van der Waals surface area contributed by atoms with E-state index in [4.69, 9.17) is 5.11 Å². The summed E-state index contributed by atoms with van der Waals surface area (Å²) in [5.74, 6) is -0.411. The van der Waals surface area contributed by atoms with Crippen molar-refractivity contribution < 1.29 is 17.9 Å². The molecule has 4 nitrogen and oxygen atoms in total. The smallest absolute Gasteiger partial charge is 0.241 e. The van der Waals surface area contributed by atoms with Crippen molar-refractivity contribution in [2.45, 2.75) is 24.5 Å². The Morgan fingerprint density at radius 2 is 1.86 bits per heavy atom. The molecule has 0 aliphatic heterocycles. The van der Waals surface area contributed by atoms with E-state index in [0.29, 0.717) is 11.1 Å². The molecule has 0 saturated carbocycles. The maximum atomic E-state index is 13.2. The molecule has 0 bridgehead atoms. The Hall–Kier alpha value is -1.76. The summed E-state index contributed by atoms with van der Waals surface area (Å²) in [4.78, 5) is 0.1000. The third-order valence-electron chi connectivity index (χ3n) is 3.10. The first-order valence-electron chi connectivity index (χ1n) is 6.40. The van der Waals surface area contributed by atoms with Crippen LogP contribution in [-0.4, -0.2) is 13.5 Å². The lowest BCUT2D eigenvalue weighted by Crippen LogP contribution is -2.27. The minimum atomic E-state index is -3.70. The van der Waals surface area contributed by atoms with E-state index in [9.17, 15) is 12.8 Å². The van der Waals surface area contributed by atoms with Gasteiger partial charge >= 0.3 is 0 Å². The number of halogens is 1. The molecule has 0 saturated heterocycles. The van der Waals surface area contributed by atoms with E-state index < -0.39 is 21.9 Å². The Bertz CT molecular complexity index is 714. The van der Waals surface area contributed by atoms with Gasteiger partial charge in [-0.1, -0.05) is 24.3 Å². The van der Waals surface area contributed by atoms with E-state index in [1.54, 1.807) is 25.1 Å². The van der Waals surface area contributed by atoms with Gasteiger partial charge in [-0.15, -0.1) is 0 Å². The van der Waals surface area contributed by atoms with E-state index in [-0.39, 0.29) is 11.5 Å². The Morgan fingerprint density at radius 3 is 2.43 bits per heavy atom. The molecular formula is C15H16FNO3S. The topological polar surface area (TPSA) is 66.4 Å². The van der Waals surface area contributed by atoms with Crippen LogP contribution in [0, 0.1) is 5.82 Å². The molecule has 2 aromatic carbocycles. The summed E-state index contributed by atoms with van der Waals surface area (Å²) in [5, 5.41) is 8.95. The van der Waals surface area contributed by atoms with Crippen molar-refractivity contribution in [2.24, 2.45) is 0 Å². The summed E-state index contributed by atoms with van der Waals surface area (Å²) in [7, 11) is -3.70. The summed E-state index contributed by atoms with van der Waals surface area (Å²) in [5.41, 5.74) is 1.18. The zero-order valence-electron chi connectivity index (χ0n) is 11.5. The molecule has 0 aliphatic carbocycles. The third-order valence-corrected chi connectivity index (χ3v) is 4.65. The van der Waals surface area contributed by atoms with Crippen LogP contribution in [0.5, 0.6) is 0 Å². The largest absolute Gasteiger partial charge is 0.392 e. The number of benzene rings is 2. The van der Waals surface area contributed by atoms with E-state index >= 15 is 0 Å². The van der Waals surface area contributed by atoms with Crippen molar-refractivity contribution in [1.82, 2.24) is 4.72 Å². The molecule has 0 spiro atoms. The fraction of sp³-hybridized carbons (Fsp3) is 0.200. The minimum absolute atomic E-state index is 0.1000. The summed E-state index contributed by atoms with van der Waals surface area (Å²) in [6.07, 6.45) is 0. The van der Waals surface area contributed by atoms with Gasteiger partial charge in [-0.2, -0.15) is 0 Å². The second-order valence-electron chi connectivity index (χ2n) is 4.70. The van der Waals surface area contributed by atoms with Gasteiger partial charge < -0.3 is 5.11 Å². The standard InChI is InChI=1S/C15H16FNO3S/c1-11(13-3-2-4-14(16)9-13)17-21(19,20)15-7-5-12(10-18)6-8-15/h2-9,11,17-18H,10H2,1H3. The number of nitrogens with one attached hydrogen (secondary N) is 1. The van der Waals surface area contributed by atoms with E-state index in [2.05, 4.69) is 4.72 Å². The molecule has 6 heteroatoms. The number of hydrogen-bond acceptors (Lipinski definition) is 3. The highest BCUT2D eigenvalue weighted by Crippen LogP contribution is 2.18. The van der Waals surface area contributed by atoms with Crippen molar-refractivity contribution in [3.8, 4) is 0 Å². The first-order chi connectivity index (χ1) is 9.92. The molecule has 21 heavy (non-hydrogen) atoms. The molecule has 1 unspecified atom stereocenters. The van der Waals surface area contributed by atoms with Gasteiger partial charge in [-0.3, -0.25) is 0 Å². The van der Waals surface area contributed by atoms with Crippen LogP contribution in [0.25, 0.3) is 0 Å². The monoisotopic (exact) mass is 309 g/mol. The molecule has 2 aromatic rings. The van der Waals surface area contributed by atoms with Crippen molar-refractivity contribution in [3.63, 3.8) is 0 Å². The van der Waals surface area contributed by atoms with Gasteiger partial charge in [0.1, 0.15) is 5.82 Å². The van der Waals surface area contributed by atoms with Crippen LogP contribution in [0.3, 0.4) is 0 Å². The SMILES string of the molecule is CC(NS(=O)(=O)c1ccc(CO)cc1)c1cccc(F)c1. The molecule has 2 N–H and O–H groups in total. The molecule has 0 aromatic heterocycles. The van der Waals surface area contributed by atoms with E-state index in [1.807, 2.05) is 0 Å². The first-order valence-corrected chi connectivity index (χ1v) is 7.88.